The van der Waals surface area contributed by atoms with Gasteiger partial charge in [0.1, 0.15) is 5.75 Å². The normalized spacial score (nSPS) is 10.5. The van der Waals surface area contributed by atoms with E-state index >= 15 is 0 Å². The van der Waals surface area contributed by atoms with Crippen molar-refractivity contribution in [2.45, 2.75) is 13.8 Å². The van der Waals surface area contributed by atoms with Crippen LogP contribution < -0.4 is 15.5 Å². The van der Waals surface area contributed by atoms with E-state index in [1.165, 1.54) is 6.21 Å². The van der Waals surface area contributed by atoms with E-state index in [0.29, 0.717) is 34.2 Å². The molecule has 0 atom stereocenters. The van der Waals surface area contributed by atoms with Crippen LogP contribution >= 0.6 is 11.6 Å². The maximum Gasteiger partial charge on any atom is 0.329 e. The van der Waals surface area contributed by atoms with Crippen LogP contribution in [0.3, 0.4) is 0 Å². The van der Waals surface area contributed by atoms with Gasteiger partial charge in [-0.2, -0.15) is 5.10 Å². The monoisotopic (exact) mass is 359 g/mol. The van der Waals surface area contributed by atoms with E-state index in [0.717, 1.165) is 0 Å². The molecule has 0 radical (unpaired) electrons. The number of benzene rings is 2. The number of carbonyl (C=O) groups is 2. The average Bonchev–Trinajstić information content (AvgIpc) is 2.60. The van der Waals surface area contributed by atoms with Gasteiger partial charge in [0.2, 0.25) is 0 Å². The molecule has 2 aromatic carbocycles. The Labute approximate surface area is 150 Å². The van der Waals surface area contributed by atoms with E-state index in [4.69, 9.17) is 16.3 Å². The molecule has 0 aliphatic heterocycles. The van der Waals surface area contributed by atoms with Crippen molar-refractivity contribution in [1.82, 2.24) is 5.43 Å². The first-order valence-corrected chi connectivity index (χ1v) is 8.02. The van der Waals surface area contributed by atoms with Gasteiger partial charge in [-0.3, -0.25) is 9.59 Å². The lowest BCUT2D eigenvalue weighted by molar-refractivity contribution is -0.136. The van der Waals surface area contributed by atoms with E-state index in [2.05, 4.69) is 15.8 Å². The lowest BCUT2D eigenvalue weighted by atomic mass is 10.2. The zero-order chi connectivity index (χ0) is 18.2. The fraction of sp³-hybridized carbons (Fsp3) is 0.167. The Balaban J connectivity index is 1.98. The predicted octanol–water partition coefficient (Wildman–Crippen LogP) is 3.14. The Morgan fingerprint density at radius 1 is 1.16 bits per heavy atom. The molecule has 0 heterocycles. The smallest absolute Gasteiger partial charge is 0.329 e. The summed E-state index contributed by atoms with van der Waals surface area (Å²) < 4.78 is 5.45. The van der Waals surface area contributed by atoms with Crippen molar-refractivity contribution >= 4 is 35.3 Å². The van der Waals surface area contributed by atoms with Gasteiger partial charge in [0, 0.05) is 16.3 Å². The van der Waals surface area contributed by atoms with Crippen molar-refractivity contribution in [2.24, 2.45) is 5.10 Å². The summed E-state index contributed by atoms with van der Waals surface area (Å²) >= 11 is 5.98. The van der Waals surface area contributed by atoms with Gasteiger partial charge in [-0.15, -0.1) is 0 Å². The quantitative estimate of drug-likeness (QED) is 0.489. The van der Waals surface area contributed by atoms with E-state index in [1.807, 2.05) is 19.1 Å². The number of nitrogens with zero attached hydrogens (tertiary/aromatic N) is 1. The van der Waals surface area contributed by atoms with Crippen LogP contribution in [0.4, 0.5) is 5.69 Å². The molecule has 0 aromatic heterocycles. The predicted molar refractivity (Wildman–Crippen MR) is 98.2 cm³/mol. The van der Waals surface area contributed by atoms with Crippen LogP contribution in [-0.4, -0.2) is 24.6 Å². The minimum Gasteiger partial charge on any atom is -0.493 e. The van der Waals surface area contributed by atoms with Crippen molar-refractivity contribution in [3.05, 3.63) is 58.6 Å². The lowest BCUT2D eigenvalue weighted by Gasteiger charge is -2.08. The number of hydrogen-bond acceptors (Lipinski definition) is 4. The number of rotatable bonds is 5. The second kappa shape index (κ2) is 8.84. The highest BCUT2D eigenvalue weighted by atomic mass is 35.5. The average molecular weight is 360 g/mol. The van der Waals surface area contributed by atoms with Crippen LogP contribution in [0.5, 0.6) is 5.75 Å². The maximum absolute atomic E-state index is 11.9. The van der Waals surface area contributed by atoms with Gasteiger partial charge in [-0.25, -0.2) is 5.43 Å². The van der Waals surface area contributed by atoms with Crippen LogP contribution in [0, 0.1) is 6.92 Å². The second-order valence-electron chi connectivity index (χ2n) is 5.04. The molecule has 2 aromatic rings. The number of halogens is 1. The van der Waals surface area contributed by atoms with Crippen LogP contribution in [0.1, 0.15) is 18.1 Å². The van der Waals surface area contributed by atoms with Crippen molar-refractivity contribution in [3.8, 4) is 5.75 Å². The minimum atomic E-state index is -0.885. The molecule has 0 aliphatic carbocycles. The molecule has 0 spiro atoms. The van der Waals surface area contributed by atoms with Gasteiger partial charge in [0.15, 0.2) is 0 Å². The number of hydrazone groups is 1. The van der Waals surface area contributed by atoms with Gasteiger partial charge >= 0.3 is 11.8 Å². The third-order valence-electron chi connectivity index (χ3n) is 3.31. The Hall–Kier alpha value is -2.86. The number of ether oxygens (including phenoxy) is 1. The van der Waals surface area contributed by atoms with Gasteiger partial charge < -0.3 is 10.1 Å². The fourth-order valence-electron chi connectivity index (χ4n) is 2.01. The van der Waals surface area contributed by atoms with E-state index in [-0.39, 0.29) is 0 Å². The van der Waals surface area contributed by atoms with Gasteiger partial charge in [-0.05, 0) is 43.7 Å². The molecule has 0 saturated carbocycles. The highest BCUT2D eigenvalue weighted by molar-refractivity contribution is 6.40. The molecule has 2 amide bonds. The Morgan fingerprint density at radius 3 is 2.68 bits per heavy atom. The zero-order valence-corrected chi connectivity index (χ0v) is 14.6. The second-order valence-corrected chi connectivity index (χ2v) is 5.44. The molecule has 0 aliphatic rings. The number of para-hydroxylation sites is 1. The summed E-state index contributed by atoms with van der Waals surface area (Å²) in [5, 5.41) is 6.80. The highest BCUT2D eigenvalue weighted by Gasteiger charge is 2.14. The Bertz CT molecular complexity index is 806. The summed E-state index contributed by atoms with van der Waals surface area (Å²) in [6.45, 7) is 4.13. The molecule has 2 N–H and O–H groups in total. The zero-order valence-electron chi connectivity index (χ0n) is 13.9. The van der Waals surface area contributed by atoms with Crippen molar-refractivity contribution in [3.63, 3.8) is 0 Å². The standard InChI is InChI=1S/C18H18ClN3O3/c1-3-25-16-10-5-4-7-13(16)11-20-22-18(24)17(23)21-15-9-6-8-14(19)12(15)2/h4-11H,3H2,1-2H3,(H,21,23)(H,22,24). The molecular formula is C18H18ClN3O3. The number of amides is 2. The first kappa shape index (κ1) is 18.5. The SMILES string of the molecule is CCOc1ccccc1C=NNC(=O)C(=O)Nc1cccc(Cl)c1C. The van der Waals surface area contributed by atoms with E-state index < -0.39 is 11.8 Å². The molecule has 25 heavy (non-hydrogen) atoms. The summed E-state index contributed by atoms with van der Waals surface area (Å²) in [5.41, 5.74) is 4.03. The summed E-state index contributed by atoms with van der Waals surface area (Å²) in [4.78, 5) is 23.8. The van der Waals surface area contributed by atoms with Crippen LogP contribution in [0.25, 0.3) is 0 Å². The number of carbonyl (C=O) groups excluding carboxylic acids is 2. The van der Waals surface area contributed by atoms with Crippen LogP contribution in [0.15, 0.2) is 47.6 Å². The number of anilines is 1. The van der Waals surface area contributed by atoms with Crippen molar-refractivity contribution in [1.29, 1.82) is 0 Å². The van der Waals surface area contributed by atoms with E-state index in [1.54, 1.807) is 37.3 Å². The molecule has 7 heteroatoms. The summed E-state index contributed by atoms with van der Waals surface area (Å²) in [6, 6.07) is 12.3. The molecule has 130 valence electrons. The van der Waals surface area contributed by atoms with Gasteiger partial charge in [0.05, 0.1) is 12.8 Å². The van der Waals surface area contributed by atoms with Crippen LogP contribution in [-0.2, 0) is 9.59 Å². The number of nitrogens with one attached hydrogen (secondary N) is 2. The highest BCUT2D eigenvalue weighted by Crippen LogP contribution is 2.22. The first-order chi connectivity index (χ1) is 12.0. The van der Waals surface area contributed by atoms with Crippen molar-refractivity contribution in [2.75, 3.05) is 11.9 Å². The Morgan fingerprint density at radius 2 is 1.92 bits per heavy atom. The molecule has 0 unspecified atom stereocenters. The first-order valence-electron chi connectivity index (χ1n) is 7.64. The summed E-state index contributed by atoms with van der Waals surface area (Å²) in [6.07, 6.45) is 1.42. The Kier molecular flexibility index (Phi) is 6.54. The third kappa shape index (κ3) is 5.06. The summed E-state index contributed by atoms with van der Waals surface area (Å²) in [7, 11) is 0. The van der Waals surface area contributed by atoms with Gasteiger partial charge in [0.25, 0.3) is 0 Å². The third-order valence-corrected chi connectivity index (χ3v) is 3.72. The topological polar surface area (TPSA) is 79.8 Å². The molecule has 0 saturated heterocycles. The number of hydrogen-bond donors (Lipinski definition) is 2. The molecule has 0 fully saturated rings. The van der Waals surface area contributed by atoms with E-state index in [9.17, 15) is 9.59 Å². The lowest BCUT2D eigenvalue weighted by Crippen LogP contribution is -2.32. The molecule has 6 nitrogen and oxygen atoms in total. The molecular weight excluding hydrogens is 342 g/mol. The van der Waals surface area contributed by atoms with Gasteiger partial charge in [-0.1, -0.05) is 29.8 Å². The fourth-order valence-corrected chi connectivity index (χ4v) is 2.18. The largest absolute Gasteiger partial charge is 0.493 e. The van der Waals surface area contributed by atoms with Crippen molar-refractivity contribution < 1.29 is 14.3 Å². The summed E-state index contributed by atoms with van der Waals surface area (Å²) in [5.74, 6) is -1.08. The maximum atomic E-state index is 11.9. The molecule has 0 bridgehead atoms. The minimum absolute atomic E-state index is 0.471. The molecule has 2 rings (SSSR count). The van der Waals surface area contributed by atoms with Crippen LogP contribution in [0.2, 0.25) is 5.02 Å².